The lowest BCUT2D eigenvalue weighted by Crippen LogP contribution is -2.46. The molecule has 2 aliphatic heterocycles. The van der Waals surface area contributed by atoms with E-state index in [-0.39, 0.29) is 5.41 Å². The van der Waals surface area contributed by atoms with E-state index in [0.29, 0.717) is 5.41 Å². The average Bonchev–Trinajstić information content (AvgIpc) is 2.75. The van der Waals surface area contributed by atoms with Crippen LogP contribution in [0, 0.1) is 5.41 Å². The number of rotatable bonds is 2. The van der Waals surface area contributed by atoms with E-state index in [2.05, 4.69) is 55.3 Å². The number of hydrogen-bond acceptors (Lipinski definition) is 2. The molecule has 0 aromatic heterocycles. The molecule has 0 amide bonds. The molecule has 19 heavy (non-hydrogen) atoms. The summed E-state index contributed by atoms with van der Waals surface area (Å²) in [7, 11) is 0. The summed E-state index contributed by atoms with van der Waals surface area (Å²) in [6, 6.07) is 8.97. The summed E-state index contributed by atoms with van der Waals surface area (Å²) in [6.45, 7) is 13.1. The molecule has 2 heterocycles. The van der Waals surface area contributed by atoms with Gasteiger partial charge in [0.25, 0.3) is 0 Å². The van der Waals surface area contributed by atoms with Crippen LogP contribution >= 0.6 is 0 Å². The molecule has 1 aromatic carbocycles. The van der Waals surface area contributed by atoms with E-state index >= 15 is 0 Å². The molecule has 0 aliphatic carbocycles. The molecule has 2 aliphatic rings. The fourth-order valence-electron chi connectivity index (χ4n) is 3.91. The van der Waals surface area contributed by atoms with Gasteiger partial charge in [-0.1, -0.05) is 45.0 Å². The minimum absolute atomic E-state index is 0.275. The van der Waals surface area contributed by atoms with Crippen LogP contribution in [-0.2, 0) is 12.0 Å². The third kappa shape index (κ3) is 2.56. The Hall–Kier alpha value is -0.860. The second-order valence-electron chi connectivity index (χ2n) is 7.42. The van der Waals surface area contributed by atoms with Crippen LogP contribution in [0.25, 0.3) is 0 Å². The van der Waals surface area contributed by atoms with Crippen LogP contribution in [0.4, 0.5) is 0 Å². The molecular weight excluding hydrogens is 232 g/mol. The zero-order valence-electron chi connectivity index (χ0n) is 12.5. The minimum atomic E-state index is 0.275. The summed E-state index contributed by atoms with van der Waals surface area (Å²) >= 11 is 0. The Balaban J connectivity index is 1.80. The van der Waals surface area contributed by atoms with Crippen molar-refractivity contribution in [3.63, 3.8) is 0 Å². The van der Waals surface area contributed by atoms with Crippen molar-refractivity contribution >= 4 is 0 Å². The van der Waals surface area contributed by atoms with Crippen molar-refractivity contribution in [2.45, 2.75) is 39.2 Å². The van der Waals surface area contributed by atoms with Gasteiger partial charge < -0.3 is 5.32 Å². The number of fused-ring (bicyclic) bond motifs is 1. The van der Waals surface area contributed by atoms with Crippen molar-refractivity contribution in [1.82, 2.24) is 10.2 Å². The van der Waals surface area contributed by atoms with E-state index in [0.717, 1.165) is 6.54 Å². The number of hydrogen-bond donors (Lipinski definition) is 1. The molecule has 0 bridgehead atoms. The fourth-order valence-corrected chi connectivity index (χ4v) is 3.91. The van der Waals surface area contributed by atoms with Crippen LogP contribution in [0.15, 0.2) is 24.3 Å². The molecule has 1 saturated heterocycles. The van der Waals surface area contributed by atoms with Gasteiger partial charge in [-0.25, -0.2) is 0 Å². The van der Waals surface area contributed by atoms with Gasteiger partial charge in [-0.15, -0.1) is 0 Å². The van der Waals surface area contributed by atoms with E-state index in [1.54, 1.807) is 5.56 Å². The van der Waals surface area contributed by atoms with Crippen molar-refractivity contribution in [2.24, 2.45) is 5.41 Å². The Morgan fingerprint density at radius 3 is 2.74 bits per heavy atom. The monoisotopic (exact) mass is 258 g/mol. The predicted molar refractivity (Wildman–Crippen MR) is 80.3 cm³/mol. The van der Waals surface area contributed by atoms with Gasteiger partial charge in [0, 0.05) is 31.6 Å². The summed E-state index contributed by atoms with van der Waals surface area (Å²) in [6.07, 6.45) is 1.31. The number of nitrogens with one attached hydrogen (secondary N) is 1. The molecule has 1 N–H and O–H groups in total. The second kappa shape index (κ2) is 4.60. The Morgan fingerprint density at radius 1 is 1.21 bits per heavy atom. The second-order valence-corrected chi connectivity index (χ2v) is 7.42. The fraction of sp³-hybridized carbons (Fsp3) is 0.647. The Kier molecular flexibility index (Phi) is 3.18. The molecular formula is C17H26N2. The van der Waals surface area contributed by atoms with Crippen molar-refractivity contribution in [1.29, 1.82) is 0 Å². The molecule has 1 fully saturated rings. The highest BCUT2D eigenvalue weighted by Crippen LogP contribution is 2.35. The minimum Gasteiger partial charge on any atom is -0.316 e. The molecule has 1 aromatic rings. The van der Waals surface area contributed by atoms with Gasteiger partial charge in [-0.3, -0.25) is 4.90 Å². The molecule has 0 saturated carbocycles. The quantitative estimate of drug-likeness (QED) is 0.877. The van der Waals surface area contributed by atoms with Crippen molar-refractivity contribution in [3.05, 3.63) is 35.4 Å². The molecule has 1 atom stereocenters. The third-order valence-electron chi connectivity index (χ3n) is 4.82. The Morgan fingerprint density at radius 2 is 2.00 bits per heavy atom. The SMILES string of the molecule is CC1(CN2Cc3ccccc3C(C)(C)C2)CCNC1. The van der Waals surface area contributed by atoms with Gasteiger partial charge in [0.15, 0.2) is 0 Å². The number of benzene rings is 1. The van der Waals surface area contributed by atoms with E-state index in [1.165, 1.54) is 38.2 Å². The molecule has 0 radical (unpaired) electrons. The van der Waals surface area contributed by atoms with Crippen LogP contribution in [0.3, 0.4) is 0 Å². The average molecular weight is 258 g/mol. The maximum atomic E-state index is 3.52. The van der Waals surface area contributed by atoms with E-state index in [9.17, 15) is 0 Å². The highest BCUT2D eigenvalue weighted by atomic mass is 15.2. The molecule has 2 heteroatoms. The first-order valence-electron chi connectivity index (χ1n) is 7.50. The van der Waals surface area contributed by atoms with Crippen LogP contribution in [0.5, 0.6) is 0 Å². The highest BCUT2D eigenvalue weighted by Gasteiger charge is 2.36. The zero-order chi connectivity index (χ0) is 13.5. The van der Waals surface area contributed by atoms with Crippen molar-refractivity contribution in [2.75, 3.05) is 26.2 Å². The summed E-state index contributed by atoms with van der Waals surface area (Å²) in [5, 5.41) is 3.52. The van der Waals surface area contributed by atoms with Crippen LogP contribution in [0.1, 0.15) is 38.3 Å². The molecule has 3 rings (SSSR count). The van der Waals surface area contributed by atoms with Crippen molar-refractivity contribution < 1.29 is 0 Å². The van der Waals surface area contributed by atoms with Gasteiger partial charge in [0.1, 0.15) is 0 Å². The lowest BCUT2D eigenvalue weighted by Gasteiger charge is -2.42. The summed E-state index contributed by atoms with van der Waals surface area (Å²) in [5.74, 6) is 0. The van der Waals surface area contributed by atoms with E-state index < -0.39 is 0 Å². The summed E-state index contributed by atoms with van der Waals surface area (Å²) in [5.41, 5.74) is 3.80. The van der Waals surface area contributed by atoms with Crippen LogP contribution in [-0.4, -0.2) is 31.1 Å². The first-order chi connectivity index (χ1) is 8.99. The standard InChI is InChI=1S/C17H26N2/c1-16(2)12-19(13-17(3)8-9-18-11-17)10-14-6-4-5-7-15(14)16/h4-7,18H,8-13H2,1-3H3. The van der Waals surface area contributed by atoms with Crippen LogP contribution in [0.2, 0.25) is 0 Å². The molecule has 1 unspecified atom stereocenters. The molecule has 104 valence electrons. The van der Waals surface area contributed by atoms with Gasteiger partial charge in [-0.2, -0.15) is 0 Å². The van der Waals surface area contributed by atoms with Crippen molar-refractivity contribution in [3.8, 4) is 0 Å². The van der Waals surface area contributed by atoms with Gasteiger partial charge in [0.2, 0.25) is 0 Å². The third-order valence-corrected chi connectivity index (χ3v) is 4.82. The normalized spacial score (nSPS) is 30.3. The first-order valence-corrected chi connectivity index (χ1v) is 7.50. The Labute approximate surface area is 117 Å². The topological polar surface area (TPSA) is 15.3 Å². The lowest BCUT2D eigenvalue weighted by molar-refractivity contribution is 0.131. The van der Waals surface area contributed by atoms with Gasteiger partial charge in [-0.05, 0) is 29.5 Å². The van der Waals surface area contributed by atoms with Gasteiger partial charge >= 0.3 is 0 Å². The molecule has 0 spiro atoms. The molecule has 2 nitrogen and oxygen atoms in total. The summed E-state index contributed by atoms with van der Waals surface area (Å²) in [4.78, 5) is 2.66. The Bertz CT molecular complexity index is 458. The zero-order valence-corrected chi connectivity index (χ0v) is 12.5. The van der Waals surface area contributed by atoms with Crippen LogP contribution < -0.4 is 5.32 Å². The number of nitrogens with zero attached hydrogens (tertiary/aromatic N) is 1. The predicted octanol–water partition coefficient (Wildman–Crippen LogP) is 2.78. The maximum absolute atomic E-state index is 3.52. The first kappa shape index (κ1) is 13.1. The summed E-state index contributed by atoms with van der Waals surface area (Å²) < 4.78 is 0. The lowest BCUT2D eigenvalue weighted by atomic mass is 9.77. The smallest absolute Gasteiger partial charge is 0.0237 e. The van der Waals surface area contributed by atoms with E-state index in [4.69, 9.17) is 0 Å². The maximum Gasteiger partial charge on any atom is 0.0237 e. The largest absolute Gasteiger partial charge is 0.316 e. The van der Waals surface area contributed by atoms with Gasteiger partial charge in [0.05, 0.1) is 0 Å². The van der Waals surface area contributed by atoms with E-state index in [1.807, 2.05) is 0 Å². The highest BCUT2D eigenvalue weighted by molar-refractivity contribution is 5.35.